The molecule has 0 aromatic heterocycles. The summed E-state index contributed by atoms with van der Waals surface area (Å²) in [6, 6.07) is 29.9. The zero-order valence-corrected chi connectivity index (χ0v) is 22.5. The molecular weight excluding hydrogens is 531 g/mol. The quantitative estimate of drug-likeness (QED) is 0.296. The van der Waals surface area contributed by atoms with Crippen molar-refractivity contribution in [2.45, 2.75) is 20.4 Å². The summed E-state index contributed by atoms with van der Waals surface area (Å²) in [6.45, 7) is 5.01. The first kappa shape index (κ1) is 22.7. The Kier molecular flexibility index (Phi) is 6.18. The third kappa shape index (κ3) is 4.03. The van der Waals surface area contributed by atoms with Crippen LogP contribution in [0, 0.1) is 13.8 Å². The van der Waals surface area contributed by atoms with Gasteiger partial charge in [-0.25, -0.2) is 0 Å². The van der Waals surface area contributed by atoms with Gasteiger partial charge in [-0.05, 0) is 0 Å². The first-order chi connectivity index (χ1) is 14.7. The van der Waals surface area contributed by atoms with Crippen molar-refractivity contribution < 1.29 is 0 Å². The van der Waals surface area contributed by atoms with Crippen LogP contribution in [0.5, 0.6) is 0 Å². The van der Waals surface area contributed by atoms with Crippen molar-refractivity contribution in [1.29, 1.82) is 0 Å². The first-order valence-electron chi connectivity index (χ1n) is 10.5. The monoisotopic (exact) mass is 557 g/mol. The molecule has 0 unspecified atom stereocenters. The molecule has 0 radical (unpaired) electrons. The number of hydrogen-bond acceptors (Lipinski definition) is 1. The molecule has 0 aliphatic rings. The molecule has 0 amide bonds. The summed E-state index contributed by atoms with van der Waals surface area (Å²) >= 11 is -4.82. The molecule has 160 valence electrons. The van der Waals surface area contributed by atoms with Crippen molar-refractivity contribution in [3.8, 4) is 0 Å². The van der Waals surface area contributed by atoms with Crippen molar-refractivity contribution in [3.05, 3.63) is 102 Å². The van der Waals surface area contributed by atoms with Crippen LogP contribution in [-0.4, -0.2) is 34.1 Å². The van der Waals surface area contributed by atoms with Gasteiger partial charge in [-0.2, -0.15) is 0 Å². The third-order valence-electron chi connectivity index (χ3n) is 5.85. The van der Waals surface area contributed by atoms with Gasteiger partial charge in [-0.15, -0.1) is 0 Å². The second kappa shape index (κ2) is 8.45. The average Bonchev–Trinajstić information content (AvgIpc) is 2.74. The van der Waals surface area contributed by atoms with E-state index >= 15 is 0 Å². The van der Waals surface area contributed by atoms with Crippen LogP contribution < -0.4 is 10.5 Å². The second-order valence-electron chi connectivity index (χ2n) is 8.61. The van der Waals surface area contributed by atoms with Crippen LogP contribution in [0.2, 0.25) is 0 Å². The van der Waals surface area contributed by atoms with Crippen LogP contribution in [0.15, 0.2) is 84.9 Å². The third-order valence-corrected chi connectivity index (χ3v) is 23.9. The molecule has 0 bridgehead atoms. The summed E-state index contributed by atoms with van der Waals surface area (Å²) in [5.41, 5.74) is 3.64. The molecular formula is C27H28Cl2NSb. The normalized spacial score (nSPS) is 13.3. The van der Waals surface area contributed by atoms with Crippen LogP contribution in [0.25, 0.3) is 10.8 Å². The number of rotatable bonds is 5. The molecule has 4 aromatic carbocycles. The molecule has 1 nitrogen and oxygen atoms in total. The molecule has 4 aromatic rings. The van der Waals surface area contributed by atoms with E-state index in [0.717, 1.165) is 17.1 Å². The Bertz CT molecular complexity index is 1170. The van der Waals surface area contributed by atoms with E-state index in [-0.39, 0.29) is 0 Å². The van der Waals surface area contributed by atoms with Crippen molar-refractivity contribution in [3.63, 3.8) is 0 Å². The Morgan fingerprint density at radius 1 is 0.677 bits per heavy atom. The Hall–Kier alpha value is -1.50. The molecule has 31 heavy (non-hydrogen) atoms. The van der Waals surface area contributed by atoms with Crippen LogP contribution in [0.4, 0.5) is 0 Å². The number of aryl methyl sites for hydroxylation is 2. The van der Waals surface area contributed by atoms with Gasteiger partial charge in [0.05, 0.1) is 0 Å². The van der Waals surface area contributed by atoms with Gasteiger partial charge in [0.2, 0.25) is 0 Å². The van der Waals surface area contributed by atoms with Gasteiger partial charge in [-0.3, -0.25) is 0 Å². The summed E-state index contributed by atoms with van der Waals surface area (Å²) in [7, 11) is 20.0. The van der Waals surface area contributed by atoms with E-state index in [1.165, 1.54) is 27.5 Å². The predicted octanol–water partition coefficient (Wildman–Crippen LogP) is 5.41. The van der Waals surface area contributed by atoms with Gasteiger partial charge in [0.1, 0.15) is 0 Å². The topological polar surface area (TPSA) is 3.24 Å². The van der Waals surface area contributed by atoms with Gasteiger partial charge in [0.25, 0.3) is 0 Å². The molecule has 0 heterocycles. The fourth-order valence-electron chi connectivity index (χ4n) is 4.24. The number of fused-ring (bicyclic) bond motifs is 1. The second-order valence-corrected chi connectivity index (χ2v) is 28.3. The molecule has 0 aliphatic carbocycles. The summed E-state index contributed by atoms with van der Waals surface area (Å²) in [5.74, 6) is 0. The standard InChI is InChI=1S/C13H14N.2C7H7.2ClH.Sb/c1-14(2)10-12-8-5-7-11-6-3-4-9-13(11)12;2*1-7-5-3-2-4-6-7;;;/h3-8H,10H2,1-2H3;2*3-6H,1H3;2*1H;/q;;;;;+2/p-2. The summed E-state index contributed by atoms with van der Waals surface area (Å²) in [4.78, 5) is 2.19. The zero-order chi connectivity index (χ0) is 22.2. The molecule has 4 heteroatoms. The van der Waals surface area contributed by atoms with E-state index in [0.29, 0.717) is 0 Å². The van der Waals surface area contributed by atoms with Crippen LogP contribution in [-0.2, 0) is 6.54 Å². The molecule has 0 fully saturated rings. The molecule has 0 aliphatic heterocycles. The predicted molar refractivity (Wildman–Crippen MR) is 140 cm³/mol. The van der Waals surface area contributed by atoms with Gasteiger partial charge in [-0.1, -0.05) is 0 Å². The fraction of sp³-hybridized carbons (Fsp3) is 0.185. The number of hydrogen-bond donors (Lipinski definition) is 0. The van der Waals surface area contributed by atoms with Crippen molar-refractivity contribution >= 4 is 54.1 Å². The molecule has 0 saturated heterocycles. The van der Waals surface area contributed by atoms with Crippen LogP contribution >= 0.6 is 17.7 Å². The summed E-state index contributed by atoms with van der Waals surface area (Å²) in [6.07, 6.45) is 0. The van der Waals surface area contributed by atoms with E-state index < -0.39 is 15.1 Å². The fourth-order valence-corrected chi connectivity index (χ4v) is 18.3. The molecule has 0 N–H and O–H groups in total. The molecule has 0 saturated carbocycles. The zero-order valence-electron chi connectivity index (χ0n) is 18.4. The Labute approximate surface area is 194 Å². The minimum atomic E-state index is -4.82. The van der Waals surface area contributed by atoms with Crippen molar-refractivity contribution in [2.75, 3.05) is 14.1 Å². The maximum atomic E-state index is 7.92. The van der Waals surface area contributed by atoms with Gasteiger partial charge in [0.15, 0.2) is 0 Å². The summed E-state index contributed by atoms with van der Waals surface area (Å²) < 4.78 is 3.16. The molecule has 0 spiro atoms. The van der Waals surface area contributed by atoms with Crippen LogP contribution in [0.3, 0.4) is 0 Å². The first-order valence-corrected chi connectivity index (χ1v) is 20.7. The number of benzene rings is 4. The Morgan fingerprint density at radius 2 is 1.16 bits per heavy atom. The SMILES string of the molecule is Cc1cc[c]([Sb]([Cl])([Cl])([c]2ccc(C)cc2)[c]2cccc3cccc(CN(C)C)c23)cc1. The van der Waals surface area contributed by atoms with Crippen molar-refractivity contribution in [1.82, 2.24) is 4.90 Å². The van der Waals surface area contributed by atoms with E-state index in [9.17, 15) is 0 Å². The molecule has 0 atom stereocenters. The van der Waals surface area contributed by atoms with E-state index in [1.807, 2.05) is 0 Å². The van der Waals surface area contributed by atoms with Gasteiger partial charge < -0.3 is 0 Å². The summed E-state index contributed by atoms with van der Waals surface area (Å²) in [5, 5.41) is 2.36. The minimum absolute atomic E-state index is 0.827. The van der Waals surface area contributed by atoms with Crippen LogP contribution in [0.1, 0.15) is 16.7 Å². The van der Waals surface area contributed by atoms with Gasteiger partial charge >= 0.3 is 195 Å². The molecule has 4 rings (SSSR count). The average molecular weight is 559 g/mol. The number of halogens is 2. The van der Waals surface area contributed by atoms with E-state index in [1.54, 1.807) is 0 Å². The maximum absolute atomic E-state index is 7.92. The van der Waals surface area contributed by atoms with Crippen molar-refractivity contribution in [2.24, 2.45) is 0 Å². The van der Waals surface area contributed by atoms with E-state index in [4.69, 9.17) is 17.7 Å². The van der Waals surface area contributed by atoms with E-state index in [2.05, 4.69) is 118 Å². The number of nitrogens with zero attached hydrogens (tertiary/aromatic N) is 1. The Morgan fingerprint density at radius 3 is 1.65 bits per heavy atom. The van der Waals surface area contributed by atoms with Gasteiger partial charge in [0, 0.05) is 0 Å². The Balaban J connectivity index is 2.14.